The molecule has 0 bridgehead atoms. The van der Waals surface area contributed by atoms with Gasteiger partial charge in [-0.25, -0.2) is 9.78 Å². The van der Waals surface area contributed by atoms with Crippen molar-refractivity contribution in [2.75, 3.05) is 32.1 Å². The highest BCUT2D eigenvalue weighted by atomic mass is 35.5. The number of anilines is 1. The molecule has 0 spiro atoms. The van der Waals surface area contributed by atoms with Crippen LogP contribution in [0.4, 0.5) is 5.69 Å². The summed E-state index contributed by atoms with van der Waals surface area (Å²) in [5, 5.41) is 12.8. The minimum Gasteiger partial charge on any atom is -0.466 e. The Labute approximate surface area is 176 Å². The number of nitrogens with one attached hydrogen (secondary N) is 1. The molecule has 1 aliphatic rings. The van der Waals surface area contributed by atoms with E-state index in [1.54, 1.807) is 30.3 Å². The molecule has 1 aromatic heterocycles. The highest BCUT2D eigenvalue weighted by Crippen LogP contribution is 2.29. The lowest BCUT2D eigenvalue weighted by atomic mass is 10.2. The van der Waals surface area contributed by atoms with E-state index in [1.165, 1.54) is 12.0 Å². The number of hydrogen-bond donors (Lipinski definition) is 2. The molecule has 3 aromatic rings. The Bertz CT molecular complexity index is 1150. The molecule has 0 fully saturated rings. The summed E-state index contributed by atoms with van der Waals surface area (Å²) in [6.07, 6.45) is 0. The maximum absolute atomic E-state index is 12.7. The number of ether oxygens (including phenoxy) is 1. The number of nitrogens with zero attached hydrogens (tertiary/aromatic N) is 2. The van der Waals surface area contributed by atoms with Gasteiger partial charge in [-0.05, 0) is 42.5 Å². The summed E-state index contributed by atoms with van der Waals surface area (Å²) in [5.41, 5.74) is 2.84. The SMILES string of the molecule is COC(=O)C1=C(Nc2ccc3oc(-c4ccc(Cl)cc4)nc3c2)C(=O)N(CCO)C1. The molecule has 1 amide bonds. The summed E-state index contributed by atoms with van der Waals surface area (Å²) in [6, 6.07) is 12.3. The van der Waals surface area contributed by atoms with E-state index in [9.17, 15) is 9.59 Å². The second kappa shape index (κ2) is 8.17. The van der Waals surface area contributed by atoms with E-state index in [1.807, 2.05) is 12.1 Å². The van der Waals surface area contributed by atoms with E-state index in [4.69, 9.17) is 25.9 Å². The molecule has 2 heterocycles. The summed E-state index contributed by atoms with van der Waals surface area (Å²) in [7, 11) is 1.26. The number of hydrogen-bond acceptors (Lipinski definition) is 7. The number of amides is 1. The van der Waals surface area contributed by atoms with Crippen LogP contribution in [0.5, 0.6) is 0 Å². The topological polar surface area (TPSA) is 105 Å². The number of aliphatic hydroxyl groups is 1. The fourth-order valence-corrected chi connectivity index (χ4v) is 3.34. The van der Waals surface area contributed by atoms with Crippen LogP contribution in [-0.2, 0) is 14.3 Å². The molecule has 2 N–H and O–H groups in total. The molecular weight excluding hydrogens is 410 g/mol. The quantitative estimate of drug-likeness (QED) is 0.583. The van der Waals surface area contributed by atoms with Crippen molar-refractivity contribution in [2.45, 2.75) is 0 Å². The van der Waals surface area contributed by atoms with Gasteiger partial charge in [0.1, 0.15) is 11.2 Å². The van der Waals surface area contributed by atoms with Crippen molar-refractivity contribution < 1.29 is 23.8 Å². The highest BCUT2D eigenvalue weighted by molar-refractivity contribution is 6.30. The Balaban J connectivity index is 1.64. The number of β-amino-alcohol motifs (C(OH)–C–C–N with tert-alkyl or cyclic N) is 1. The van der Waals surface area contributed by atoms with Crippen LogP contribution in [0.25, 0.3) is 22.6 Å². The fourth-order valence-electron chi connectivity index (χ4n) is 3.21. The maximum atomic E-state index is 12.7. The Hall–Kier alpha value is -3.36. The van der Waals surface area contributed by atoms with Crippen LogP contribution >= 0.6 is 11.6 Å². The van der Waals surface area contributed by atoms with Gasteiger partial charge < -0.3 is 24.5 Å². The molecule has 2 aromatic carbocycles. The number of oxazole rings is 1. The number of carbonyl (C=O) groups excluding carboxylic acids is 2. The smallest absolute Gasteiger partial charge is 0.337 e. The normalized spacial score (nSPS) is 14.0. The monoisotopic (exact) mass is 427 g/mol. The minimum absolute atomic E-state index is 0.0708. The number of esters is 1. The summed E-state index contributed by atoms with van der Waals surface area (Å²) in [5.74, 6) is -0.537. The lowest BCUT2D eigenvalue weighted by Crippen LogP contribution is -2.31. The van der Waals surface area contributed by atoms with E-state index < -0.39 is 5.97 Å². The molecule has 0 atom stereocenters. The van der Waals surface area contributed by atoms with E-state index >= 15 is 0 Å². The highest BCUT2D eigenvalue weighted by Gasteiger charge is 2.34. The first-order valence-corrected chi connectivity index (χ1v) is 9.53. The predicted octanol–water partition coefficient (Wildman–Crippen LogP) is 2.82. The van der Waals surface area contributed by atoms with Gasteiger partial charge >= 0.3 is 5.97 Å². The van der Waals surface area contributed by atoms with Gasteiger partial charge in [0.25, 0.3) is 5.91 Å². The van der Waals surface area contributed by atoms with Crippen molar-refractivity contribution in [3.05, 3.63) is 58.8 Å². The molecule has 0 saturated heterocycles. The van der Waals surface area contributed by atoms with E-state index in [2.05, 4.69) is 10.3 Å². The van der Waals surface area contributed by atoms with Gasteiger partial charge in [-0.15, -0.1) is 0 Å². The van der Waals surface area contributed by atoms with Gasteiger partial charge in [-0.2, -0.15) is 0 Å². The second-order valence-electron chi connectivity index (χ2n) is 6.63. The van der Waals surface area contributed by atoms with Crippen LogP contribution in [0, 0.1) is 0 Å². The van der Waals surface area contributed by atoms with Gasteiger partial charge in [0.15, 0.2) is 5.58 Å². The molecule has 0 unspecified atom stereocenters. The Morgan fingerprint density at radius 2 is 2.07 bits per heavy atom. The number of aromatic nitrogens is 1. The van der Waals surface area contributed by atoms with Crippen LogP contribution in [-0.4, -0.2) is 53.7 Å². The molecule has 4 rings (SSSR count). The Morgan fingerprint density at radius 1 is 1.30 bits per heavy atom. The van der Waals surface area contributed by atoms with Crippen LogP contribution in [0.2, 0.25) is 5.02 Å². The fraction of sp³-hybridized carbons (Fsp3) is 0.190. The average Bonchev–Trinajstić information content (AvgIpc) is 3.30. The van der Waals surface area contributed by atoms with Crippen LogP contribution in [0.1, 0.15) is 0 Å². The largest absolute Gasteiger partial charge is 0.466 e. The van der Waals surface area contributed by atoms with E-state index in [0.29, 0.717) is 27.7 Å². The third kappa shape index (κ3) is 3.74. The summed E-state index contributed by atoms with van der Waals surface area (Å²) >= 11 is 5.92. The van der Waals surface area contributed by atoms with Crippen molar-refractivity contribution in [2.24, 2.45) is 0 Å². The summed E-state index contributed by atoms with van der Waals surface area (Å²) in [6.45, 7) is -0.00948. The summed E-state index contributed by atoms with van der Waals surface area (Å²) < 4.78 is 10.6. The molecular formula is C21H18ClN3O5. The number of halogens is 1. The van der Waals surface area contributed by atoms with Gasteiger partial charge in [-0.3, -0.25) is 4.79 Å². The van der Waals surface area contributed by atoms with E-state index in [-0.39, 0.29) is 36.9 Å². The molecule has 0 aliphatic carbocycles. The second-order valence-corrected chi connectivity index (χ2v) is 7.07. The zero-order valence-electron chi connectivity index (χ0n) is 16.0. The predicted molar refractivity (Wildman–Crippen MR) is 111 cm³/mol. The van der Waals surface area contributed by atoms with Crippen molar-refractivity contribution in [1.29, 1.82) is 0 Å². The van der Waals surface area contributed by atoms with Crippen molar-refractivity contribution in [3.8, 4) is 11.5 Å². The number of aliphatic hydroxyl groups excluding tert-OH is 1. The number of rotatable bonds is 6. The standard InChI is InChI=1S/C21H18ClN3O5/c1-29-21(28)15-11-25(8-9-26)20(27)18(15)23-14-6-7-17-16(10-14)24-19(30-17)12-2-4-13(22)5-3-12/h2-7,10,23,26H,8-9,11H2,1H3. The summed E-state index contributed by atoms with van der Waals surface area (Å²) in [4.78, 5) is 30.6. The van der Waals surface area contributed by atoms with Gasteiger partial charge in [0.05, 0.1) is 25.8 Å². The number of benzene rings is 2. The first-order valence-electron chi connectivity index (χ1n) is 9.15. The first kappa shape index (κ1) is 19.9. The zero-order chi connectivity index (χ0) is 21.3. The molecule has 154 valence electrons. The zero-order valence-corrected chi connectivity index (χ0v) is 16.8. The molecule has 0 radical (unpaired) electrons. The lowest BCUT2D eigenvalue weighted by molar-refractivity contribution is -0.136. The molecule has 30 heavy (non-hydrogen) atoms. The van der Waals surface area contributed by atoms with Crippen LogP contribution in [0.3, 0.4) is 0 Å². The van der Waals surface area contributed by atoms with Crippen molar-refractivity contribution in [3.63, 3.8) is 0 Å². The third-order valence-corrected chi connectivity index (χ3v) is 4.95. The van der Waals surface area contributed by atoms with Gasteiger partial charge in [0, 0.05) is 22.8 Å². The van der Waals surface area contributed by atoms with Crippen LogP contribution < -0.4 is 5.32 Å². The van der Waals surface area contributed by atoms with Gasteiger partial charge in [-0.1, -0.05) is 11.6 Å². The Kier molecular flexibility index (Phi) is 5.43. The van der Waals surface area contributed by atoms with Crippen molar-refractivity contribution >= 4 is 40.3 Å². The Morgan fingerprint density at radius 3 is 2.77 bits per heavy atom. The maximum Gasteiger partial charge on any atom is 0.337 e. The number of fused-ring (bicyclic) bond motifs is 1. The molecule has 1 aliphatic heterocycles. The first-order chi connectivity index (χ1) is 14.5. The minimum atomic E-state index is -0.598. The third-order valence-electron chi connectivity index (χ3n) is 4.70. The number of carbonyl (C=O) groups is 2. The molecule has 8 nitrogen and oxygen atoms in total. The van der Waals surface area contributed by atoms with E-state index in [0.717, 1.165) is 5.56 Å². The van der Waals surface area contributed by atoms with Gasteiger partial charge in [0.2, 0.25) is 5.89 Å². The molecule has 0 saturated carbocycles. The number of methoxy groups -OCH3 is 1. The van der Waals surface area contributed by atoms with Crippen molar-refractivity contribution in [1.82, 2.24) is 9.88 Å². The lowest BCUT2D eigenvalue weighted by Gasteiger charge is -2.14. The molecule has 9 heteroatoms. The average molecular weight is 428 g/mol. The van der Waals surface area contributed by atoms with Crippen LogP contribution in [0.15, 0.2) is 58.2 Å².